The van der Waals surface area contributed by atoms with Gasteiger partial charge in [-0.05, 0) is 19.8 Å². The van der Waals surface area contributed by atoms with E-state index >= 15 is 0 Å². The molecule has 0 saturated carbocycles. The van der Waals surface area contributed by atoms with Gasteiger partial charge in [-0.2, -0.15) is 0 Å². The topological polar surface area (TPSA) is 55.6 Å². The number of rotatable bonds is 1. The van der Waals surface area contributed by atoms with Crippen molar-refractivity contribution in [3.8, 4) is 0 Å². The summed E-state index contributed by atoms with van der Waals surface area (Å²) in [4.78, 5) is 13.4. The van der Waals surface area contributed by atoms with Crippen molar-refractivity contribution in [2.75, 3.05) is 13.1 Å². The molecule has 2 N–H and O–H groups in total. The maximum atomic E-state index is 11.7. The van der Waals surface area contributed by atoms with E-state index < -0.39 is 0 Å². The van der Waals surface area contributed by atoms with Crippen molar-refractivity contribution in [1.29, 1.82) is 0 Å². The third-order valence-electron chi connectivity index (χ3n) is 2.73. The minimum atomic E-state index is -0.192. The first-order valence-corrected chi connectivity index (χ1v) is 4.86. The van der Waals surface area contributed by atoms with E-state index in [-0.39, 0.29) is 24.2 Å². The summed E-state index contributed by atoms with van der Waals surface area (Å²) in [7, 11) is 0. The van der Waals surface area contributed by atoms with E-state index in [9.17, 15) is 4.79 Å². The first kappa shape index (κ1) is 8.97. The number of nitrogens with zero attached hydrogens (tertiary/aromatic N) is 1. The molecule has 0 aliphatic carbocycles. The predicted molar refractivity (Wildman–Crippen MR) is 48.1 cm³/mol. The number of carbonyl (C=O) groups is 1. The fourth-order valence-electron chi connectivity index (χ4n) is 1.88. The van der Waals surface area contributed by atoms with E-state index in [4.69, 9.17) is 10.5 Å². The molecule has 2 heterocycles. The zero-order chi connectivity index (χ0) is 9.42. The maximum absolute atomic E-state index is 11.7. The van der Waals surface area contributed by atoms with Crippen LogP contribution in [0.2, 0.25) is 0 Å². The van der Waals surface area contributed by atoms with Gasteiger partial charge >= 0.3 is 0 Å². The lowest BCUT2D eigenvalue weighted by Gasteiger charge is -2.38. The summed E-state index contributed by atoms with van der Waals surface area (Å²) >= 11 is 0. The summed E-state index contributed by atoms with van der Waals surface area (Å²) in [6.07, 6.45) is 1.91. The van der Waals surface area contributed by atoms with Crippen LogP contribution in [0.5, 0.6) is 0 Å². The molecule has 2 fully saturated rings. The molecule has 2 saturated heterocycles. The van der Waals surface area contributed by atoms with E-state index in [1.165, 1.54) is 0 Å². The molecule has 13 heavy (non-hydrogen) atoms. The molecule has 2 aliphatic rings. The summed E-state index contributed by atoms with van der Waals surface area (Å²) in [5.41, 5.74) is 5.60. The van der Waals surface area contributed by atoms with Crippen molar-refractivity contribution < 1.29 is 9.53 Å². The van der Waals surface area contributed by atoms with Gasteiger partial charge in [0.05, 0.1) is 6.10 Å². The fourth-order valence-corrected chi connectivity index (χ4v) is 1.88. The van der Waals surface area contributed by atoms with Gasteiger partial charge in [0.2, 0.25) is 0 Å². The van der Waals surface area contributed by atoms with Crippen molar-refractivity contribution in [2.45, 2.75) is 38.0 Å². The second-order valence-electron chi connectivity index (χ2n) is 4.02. The highest BCUT2D eigenvalue weighted by molar-refractivity contribution is 5.82. The largest absolute Gasteiger partial charge is 0.365 e. The Kier molecular flexibility index (Phi) is 2.26. The average Bonchev–Trinajstić information content (AvgIpc) is 2.45. The van der Waals surface area contributed by atoms with Gasteiger partial charge in [-0.25, -0.2) is 0 Å². The Balaban J connectivity index is 1.84. The molecule has 0 spiro atoms. The molecule has 2 aliphatic heterocycles. The lowest BCUT2D eigenvalue weighted by Crippen LogP contribution is -2.60. The van der Waals surface area contributed by atoms with Gasteiger partial charge in [-0.3, -0.25) is 4.79 Å². The van der Waals surface area contributed by atoms with Crippen molar-refractivity contribution in [3.63, 3.8) is 0 Å². The molecular weight excluding hydrogens is 168 g/mol. The van der Waals surface area contributed by atoms with Crippen LogP contribution in [0.1, 0.15) is 19.8 Å². The monoisotopic (exact) mass is 184 g/mol. The molecule has 4 nitrogen and oxygen atoms in total. The molecular formula is C9H16N2O2. The first-order chi connectivity index (χ1) is 6.16. The Hall–Kier alpha value is -0.610. The molecule has 2 unspecified atom stereocenters. The van der Waals surface area contributed by atoms with Crippen molar-refractivity contribution in [3.05, 3.63) is 0 Å². The van der Waals surface area contributed by atoms with Gasteiger partial charge in [0.25, 0.3) is 5.91 Å². The van der Waals surface area contributed by atoms with Crippen LogP contribution in [0, 0.1) is 0 Å². The number of hydrogen-bond donors (Lipinski definition) is 1. The normalized spacial score (nSPS) is 34.8. The smallest absolute Gasteiger partial charge is 0.251 e. The van der Waals surface area contributed by atoms with Crippen LogP contribution in [0.25, 0.3) is 0 Å². The average molecular weight is 184 g/mol. The SMILES string of the molecule is CC1CCC(C(=O)N2CC(N)C2)O1. The van der Waals surface area contributed by atoms with Crippen molar-refractivity contribution >= 4 is 5.91 Å². The molecule has 2 atom stereocenters. The molecule has 74 valence electrons. The quantitative estimate of drug-likeness (QED) is 0.610. The van der Waals surface area contributed by atoms with Crippen LogP contribution in [0.3, 0.4) is 0 Å². The Bertz CT molecular complexity index is 214. The van der Waals surface area contributed by atoms with Crippen LogP contribution in [-0.4, -0.2) is 42.1 Å². The Morgan fingerprint density at radius 3 is 2.62 bits per heavy atom. The zero-order valence-corrected chi connectivity index (χ0v) is 7.90. The third kappa shape index (κ3) is 1.69. The van der Waals surface area contributed by atoms with Crippen LogP contribution >= 0.6 is 0 Å². The molecule has 0 aromatic rings. The van der Waals surface area contributed by atoms with Crippen LogP contribution in [-0.2, 0) is 9.53 Å². The summed E-state index contributed by atoms with van der Waals surface area (Å²) in [6, 6.07) is 0.183. The zero-order valence-electron chi connectivity index (χ0n) is 7.90. The number of hydrogen-bond acceptors (Lipinski definition) is 3. The van der Waals surface area contributed by atoms with Crippen LogP contribution < -0.4 is 5.73 Å². The molecule has 0 radical (unpaired) electrons. The molecule has 0 aromatic carbocycles. The maximum Gasteiger partial charge on any atom is 0.251 e. The Morgan fingerprint density at radius 2 is 2.15 bits per heavy atom. The van der Waals surface area contributed by atoms with Gasteiger partial charge in [0.15, 0.2) is 0 Å². The van der Waals surface area contributed by atoms with E-state index in [1.807, 2.05) is 6.92 Å². The highest BCUT2D eigenvalue weighted by atomic mass is 16.5. The van der Waals surface area contributed by atoms with Crippen molar-refractivity contribution in [2.24, 2.45) is 5.73 Å². The molecule has 4 heteroatoms. The second kappa shape index (κ2) is 3.27. The predicted octanol–water partition coefficient (Wildman–Crippen LogP) is -0.277. The van der Waals surface area contributed by atoms with E-state index in [1.54, 1.807) is 4.90 Å². The minimum absolute atomic E-state index is 0.131. The number of likely N-dealkylation sites (tertiary alicyclic amines) is 1. The van der Waals surface area contributed by atoms with Gasteiger partial charge in [-0.1, -0.05) is 0 Å². The number of nitrogens with two attached hydrogens (primary N) is 1. The van der Waals surface area contributed by atoms with E-state index in [2.05, 4.69) is 0 Å². The molecule has 0 bridgehead atoms. The Labute approximate surface area is 78.0 Å². The molecule has 1 amide bonds. The first-order valence-electron chi connectivity index (χ1n) is 4.86. The van der Waals surface area contributed by atoms with E-state index in [0.29, 0.717) is 13.1 Å². The summed E-state index contributed by atoms with van der Waals surface area (Å²) in [5.74, 6) is 0.131. The van der Waals surface area contributed by atoms with Gasteiger partial charge in [-0.15, -0.1) is 0 Å². The number of carbonyl (C=O) groups excluding carboxylic acids is 1. The lowest BCUT2D eigenvalue weighted by molar-refractivity contribution is -0.147. The molecule has 0 aromatic heterocycles. The summed E-state index contributed by atoms with van der Waals surface area (Å²) in [5, 5.41) is 0. The van der Waals surface area contributed by atoms with Gasteiger partial charge in [0.1, 0.15) is 6.10 Å². The minimum Gasteiger partial charge on any atom is -0.365 e. The third-order valence-corrected chi connectivity index (χ3v) is 2.73. The highest BCUT2D eigenvalue weighted by Gasteiger charge is 2.36. The Morgan fingerprint density at radius 1 is 1.46 bits per heavy atom. The van der Waals surface area contributed by atoms with Crippen molar-refractivity contribution in [1.82, 2.24) is 4.90 Å². The van der Waals surface area contributed by atoms with Crippen LogP contribution in [0.15, 0.2) is 0 Å². The number of ether oxygens (including phenoxy) is 1. The van der Waals surface area contributed by atoms with E-state index in [0.717, 1.165) is 12.8 Å². The second-order valence-corrected chi connectivity index (χ2v) is 4.02. The van der Waals surface area contributed by atoms with Crippen LogP contribution in [0.4, 0.5) is 0 Å². The standard InChI is InChI=1S/C9H16N2O2/c1-6-2-3-8(13-6)9(12)11-4-7(10)5-11/h6-8H,2-5,10H2,1H3. The molecule has 2 rings (SSSR count). The van der Waals surface area contributed by atoms with Gasteiger partial charge < -0.3 is 15.4 Å². The van der Waals surface area contributed by atoms with Gasteiger partial charge in [0, 0.05) is 19.1 Å². The lowest BCUT2D eigenvalue weighted by atomic mass is 10.1. The highest BCUT2D eigenvalue weighted by Crippen LogP contribution is 2.22. The summed E-state index contributed by atoms with van der Waals surface area (Å²) in [6.45, 7) is 3.41. The fraction of sp³-hybridized carbons (Fsp3) is 0.889. The summed E-state index contributed by atoms with van der Waals surface area (Å²) < 4.78 is 5.48. The number of amides is 1.